The lowest BCUT2D eigenvalue weighted by molar-refractivity contribution is -0.137. The minimum atomic E-state index is -4.38. The second-order valence-corrected chi connectivity index (χ2v) is 3.86. The summed E-state index contributed by atoms with van der Waals surface area (Å²) in [7, 11) is 0. The van der Waals surface area contributed by atoms with Crippen LogP contribution in [0.3, 0.4) is 0 Å². The van der Waals surface area contributed by atoms with Gasteiger partial charge in [-0.25, -0.2) is 0 Å². The van der Waals surface area contributed by atoms with Crippen LogP contribution in [0.2, 0.25) is 0 Å². The van der Waals surface area contributed by atoms with Gasteiger partial charge in [-0.2, -0.15) is 18.3 Å². The lowest BCUT2D eigenvalue weighted by Gasteiger charge is -2.07. The van der Waals surface area contributed by atoms with Crippen molar-refractivity contribution in [3.8, 4) is 0 Å². The number of benzene rings is 1. The normalized spacial score (nSPS) is 11.8. The van der Waals surface area contributed by atoms with Crippen molar-refractivity contribution < 1.29 is 13.2 Å². The van der Waals surface area contributed by atoms with E-state index in [4.69, 9.17) is 11.5 Å². The first-order valence-corrected chi connectivity index (χ1v) is 5.08. The molecular weight excluding hydrogens is 301 g/mol. The Bertz CT molecular complexity index is 464. The van der Waals surface area contributed by atoms with E-state index in [0.29, 0.717) is 5.56 Å². The first kappa shape index (κ1) is 13.5. The summed E-state index contributed by atoms with van der Waals surface area (Å²) in [5.74, 6) is -0.232. The molecule has 0 bridgehead atoms. The Morgan fingerprint density at radius 3 is 2.41 bits per heavy atom. The smallest absolute Gasteiger partial charge is 0.369 e. The summed E-state index contributed by atoms with van der Waals surface area (Å²) in [6, 6.07) is 3.16. The number of alkyl halides is 3. The largest absolute Gasteiger partial charge is 0.416 e. The van der Waals surface area contributed by atoms with Crippen molar-refractivity contribution in [3.63, 3.8) is 0 Å². The first-order chi connectivity index (χ1) is 7.80. The first-order valence-electron chi connectivity index (χ1n) is 4.29. The SMILES string of the molecule is NC(N)=NN=Cc1ccc(C(F)(F)F)cc1Br. The van der Waals surface area contributed by atoms with Gasteiger partial charge < -0.3 is 11.5 Å². The third-order valence-corrected chi connectivity index (χ3v) is 2.38. The minimum Gasteiger partial charge on any atom is -0.369 e. The molecule has 0 atom stereocenters. The van der Waals surface area contributed by atoms with Crippen LogP contribution in [-0.4, -0.2) is 12.2 Å². The van der Waals surface area contributed by atoms with Crippen LogP contribution < -0.4 is 11.5 Å². The zero-order valence-corrected chi connectivity index (χ0v) is 9.96. The molecule has 4 nitrogen and oxygen atoms in total. The molecule has 0 radical (unpaired) electrons. The highest BCUT2D eigenvalue weighted by atomic mass is 79.9. The van der Waals surface area contributed by atoms with Gasteiger partial charge in [0.05, 0.1) is 11.8 Å². The van der Waals surface area contributed by atoms with Crippen LogP contribution in [0.1, 0.15) is 11.1 Å². The Hall–Kier alpha value is -1.57. The number of guanidine groups is 1. The third-order valence-electron chi connectivity index (χ3n) is 1.70. The molecule has 0 aliphatic heterocycles. The number of nitrogens with two attached hydrogens (primary N) is 2. The summed E-state index contributed by atoms with van der Waals surface area (Å²) < 4.78 is 37.3. The molecule has 0 aliphatic carbocycles. The molecule has 1 rings (SSSR count). The van der Waals surface area contributed by atoms with E-state index in [0.717, 1.165) is 12.1 Å². The molecule has 0 unspecified atom stereocenters. The average Bonchev–Trinajstić information content (AvgIpc) is 2.18. The lowest BCUT2D eigenvalue weighted by Crippen LogP contribution is -2.21. The summed E-state index contributed by atoms with van der Waals surface area (Å²) >= 11 is 3.00. The monoisotopic (exact) mass is 308 g/mol. The third kappa shape index (κ3) is 4.06. The number of nitrogens with zero attached hydrogens (tertiary/aromatic N) is 2. The van der Waals surface area contributed by atoms with E-state index in [-0.39, 0.29) is 10.4 Å². The molecule has 17 heavy (non-hydrogen) atoms. The number of hydrogen-bond acceptors (Lipinski definition) is 2. The second kappa shape index (κ2) is 5.17. The van der Waals surface area contributed by atoms with Gasteiger partial charge in [0, 0.05) is 10.0 Å². The van der Waals surface area contributed by atoms with Gasteiger partial charge >= 0.3 is 6.18 Å². The molecule has 4 N–H and O–H groups in total. The van der Waals surface area contributed by atoms with Gasteiger partial charge in [-0.15, -0.1) is 5.10 Å². The standard InChI is InChI=1S/C9H8BrF3N4/c10-7-3-6(9(11,12)13)2-1-5(7)4-16-17-8(14)15/h1-4H,(H4,14,15,17). The maximum atomic E-state index is 12.3. The van der Waals surface area contributed by atoms with Crippen LogP contribution in [0.15, 0.2) is 32.9 Å². The van der Waals surface area contributed by atoms with Crippen molar-refractivity contribution in [2.75, 3.05) is 0 Å². The van der Waals surface area contributed by atoms with Crippen molar-refractivity contribution in [3.05, 3.63) is 33.8 Å². The highest BCUT2D eigenvalue weighted by Crippen LogP contribution is 2.31. The number of rotatable bonds is 2. The van der Waals surface area contributed by atoms with Gasteiger partial charge in [0.1, 0.15) is 0 Å². The molecule has 0 saturated carbocycles. The Balaban J connectivity index is 2.99. The van der Waals surface area contributed by atoms with Crippen molar-refractivity contribution in [1.29, 1.82) is 0 Å². The minimum absolute atomic E-state index is 0.232. The number of halogens is 4. The average molecular weight is 309 g/mol. The van der Waals surface area contributed by atoms with Gasteiger partial charge in [-0.05, 0) is 12.1 Å². The van der Waals surface area contributed by atoms with Crippen molar-refractivity contribution in [1.82, 2.24) is 0 Å². The van der Waals surface area contributed by atoms with E-state index >= 15 is 0 Å². The van der Waals surface area contributed by atoms with E-state index in [1.807, 2.05) is 0 Å². The van der Waals surface area contributed by atoms with Gasteiger partial charge in [-0.3, -0.25) is 0 Å². The van der Waals surface area contributed by atoms with Gasteiger partial charge in [0.15, 0.2) is 0 Å². The Labute approximate surface area is 103 Å². The molecule has 0 fully saturated rings. The van der Waals surface area contributed by atoms with Gasteiger partial charge in [0.2, 0.25) is 5.96 Å². The summed E-state index contributed by atoms with van der Waals surface area (Å²) in [5, 5.41) is 6.83. The quantitative estimate of drug-likeness (QED) is 0.498. The Kier molecular flexibility index (Phi) is 4.11. The van der Waals surface area contributed by atoms with Crippen LogP contribution >= 0.6 is 15.9 Å². The summed E-state index contributed by atoms with van der Waals surface area (Å²) in [4.78, 5) is 0. The van der Waals surface area contributed by atoms with E-state index in [9.17, 15) is 13.2 Å². The molecule has 0 saturated heterocycles. The predicted molar refractivity (Wildman–Crippen MR) is 62.5 cm³/mol. The van der Waals surface area contributed by atoms with E-state index in [1.54, 1.807) is 0 Å². The fourth-order valence-corrected chi connectivity index (χ4v) is 1.45. The number of hydrogen-bond donors (Lipinski definition) is 2. The predicted octanol–water partition coefficient (Wildman–Crippen LogP) is 2.08. The van der Waals surface area contributed by atoms with Crippen molar-refractivity contribution in [2.24, 2.45) is 21.7 Å². The molecule has 0 spiro atoms. The molecule has 92 valence electrons. The fourth-order valence-electron chi connectivity index (χ4n) is 0.966. The van der Waals surface area contributed by atoms with Crippen LogP contribution in [0.5, 0.6) is 0 Å². The fraction of sp³-hybridized carbons (Fsp3) is 0.111. The van der Waals surface area contributed by atoms with Gasteiger partial charge in [-0.1, -0.05) is 22.0 Å². The molecule has 0 heterocycles. The molecule has 0 amide bonds. The summed E-state index contributed by atoms with van der Waals surface area (Å²) in [5.41, 5.74) is 9.75. The van der Waals surface area contributed by atoms with Crippen LogP contribution in [0.25, 0.3) is 0 Å². The maximum absolute atomic E-state index is 12.3. The molecular formula is C9H8BrF3N4. The lowest BCUT2D eigenvalue weighted by atomic mass is 10.1. The molecule has 0 aromatic heterocycles. The van der Waals surface area contributed by atoms with Gasteiger partial charge in [0.25, 0.3) is 0 Å². The van der Waals surface area contributed by atoms with Crippen molar-refractivity contribution in [2.45, 2.75) is 6.18 Å². The molecule has 0 aliphatic rings. The summed E-state index contributed by atoms with van der Waals surface area (Å²) in [6.07, 6.45) is -3.14. The summed E-state index contributed by atoms with van der Waals surface area (Å²) in [6.45, 7) is 0. The van der Waals surface area contributed by atoms with Crippen LogP contribution in [0.4, 0.5) is 13.2 Å². The molecule has 1 aromatic carbocycles. The Morgan fingerprint density at radius 1 is 1.29 bits per heavy atom. The molecule has 8 heteroatoms. The zero-order valence-electron chi connectivity index (χ0n) is 8.37. The van der Waals surface area contributed by atoms with E-state index < -0.39 is 11.7 Å². The Morgan fingerprint density at radius 2 is 1.94 bits per heavy atom. The topological polar surface area (TPSA) is 76.8 Å². The second-order valence-electron chi connectivity index (χ2n) is 3.00. The zero-order chi connectivity index (χ0) is 13.1. The maximum Gasteiger partial charge on any atom is 0.416 e. The van der Waals surface area contributed by atoms with Crippen LogP contribution in [-0.2, 0) is 6.18 Å². The van der Waals surface area contributed by atoms with E-state index in [2.05, 4.69) is 26.1 Å². The van der Waals surface area contributed by atoms with E-state index in [1.165, 1.54) is 12.3 Å². The molecule has 1 aromatic rings. The van der Waals surface area contributed by atoms with Crippen LogP contribution in [0, 0.1) is 0 Å². The highest BCUT2D eigenvalue weighted by molar-refractivity contribution is 9.10. The highest BCUT2D eigenvalue weighted by Gasteiger charge is 2.30. The van der Waals surface area contributed by atoms with Crippen molar-refractivity contribution >= 4 is 28.1 Å².